The van der Waals surface area contributed by atoms with Crippen molar-refractivity contribution in [1.82, 2.24) is 5.32 Å². The molecule has 0 spiro atoms. The average molecular weight is 286 g/mol. The number of nitrogens with zero attached hydrogens (tertiary/aromatic N) is 1. The second kappa shape index (κ2) is 6.37. The fraction of sp³-hybridized carbons (Fsp3) is 0.375. The summed E-state index contributed by atoms with van der Waals surface area (Å²) in [6.45, 7) is 4.06. The molecule has 2 rings (SSSR count). The Balaban J connectivity index is 2.42. The van der Waals surface area contributed by atoms with Crippen LogP contribution in [0.25, 0.3) is 0 Å². The zero-order valence-corrected chi connectivity index (χ0v) is 12.1. The topological polar surface area (TPSA) is 72.2 Å². The monoisotopic (exact) mass is 286 g/mol. The van der Waals surface area contributed by atoms with Crippen molar-refractivity contribution < 1.29 is 9.72 Å². The van der Waals surface area contributed by atoms with Crippen LogP contribution in [0.2, 0.25) is 0 Å². The molecule has 0 bridgehead atoms. The highest BCUT2D eigenvalue weighted by molar-refractivity contribution is 5.62. The van der Waals surface area contributed by atoms with E-state index in [0.717, 1.165) is 24.1 Å². The third kappa shape index (κ3) is 3.03. The minimum Gasteiger partial charge on any atom is -0.381 e. The van der Waals surface area contributed by atoms with E-state index in [2.05, 4.69) is 11.3 Å². The Bertz CT molecular complexity index is 613. The van der Waals surface area contributed by atoms with Crippen molar-refractivity contribution in [2.45, 2.75) is 38.6 Å². The van der Waals surface area contributed by atoms with E-state index in [4.69, 9.17) is 0 Å². The number of non-ortho nitro benzene ring substituents is 1. The van der Waals surface area contributed by atoms with Crippen LogP contribution in [0.5, 0.6) is 0 Å². The largest absolute Gasteiger partial charge is 0.381 e. The van der Waals surface area contributed by atoms with Crippen molar-refractivity contribution in [3.63, 3.8) is 0 Å². The number of hydrogen-bond acceptors (Lipinski definition) is 4. The molecule has 5 heteroatoms. The lowest BCUT2D eigenvalue weighted by Gasteiger charge is -2.31. The number of nitrogens with one attached hydrogen (secondary N) is 1. The molecule has 5 nitrogen and oxygen atoms in total. The Morgan fingerprint density at radius 2 is 1.95 bits per heavy atom. The fourth-order valence-corrected chi connectivity index (χ4v) is 2.61. The standard InChI is InChI=1S/C16H18N2O3/c1-3-12-9-14(15(10-19)16(4-2)17-12)11-5-7-13(8-6-11)18(20)21/h5-9,14,16-17H,3-4H2,1-2H3. The molecule has 0 saturated carbocycles. The van der Waals surface area contributed by atoms with Crippen LogP contribution in [0.4, 0.5) is 5.69 Å². The quantitative estimate of drug-likeness (QED) is 0.524. The first-order valence-corrected chi connectivity index (χ1v) is 7.07. The summed E-state index contributed by atoms with van der Waals surface area (Å²) < 4.78 is 0. The summed E-state index contributed by atoms with van der Waals surface area (Å²) >= 11 is 0. The second-order valence-electron chi connectivity index (χ2n) is 5.03. The molecule has 21 heavy (non-hydrogen) atoms. The summed E-state index contributed by atoms with van der Waals surface area (Å²) in [6.07, 6.45) is 3.66. The highest BCUT2D eigenvalue weighted by Gasteiger charge is 2.28. The van der Waals surface area contributed by atoms with Gasteiger partial charge in [-0.25, -0.2) is 4.79 Å². The van der Waals surface area contributed by atoms with Gasteiger partial charge in [0.25, 0.3) is 5.69 Å². The lowest BCUT2D eigenvalue weighted by molar-refractivity contribution is -0.384. The van der Waals surface area contributed by atoms with E-state index in [1.807, 2.05) is 19.9 Å². The first-order valence-electron chi connectivity index (χ1n) is 7.07. The minimum atomic E-state index is -0.426. The van der Waals surface area contributed by atoms with Gasteiger partial charge in [0, 0.05) is 29.3 Å². The van der Waals surface area contributed by atoms with Crippen LogP contribution in [0.3, 0.4) is 0 Å². The number of rotatable bonds is 4. The zero-order chi connectivity index (χ0) is 15.4. The zero-order valence-electron chi connectivity index (χ0n) is 12.1. The first kappa shape index (κ1) is 15.0. The summed E-state index contributed by atoms with van der Waals surface area (Å²) in [5.41, 5.74) is 2.67. The van der Waals surface area contributed by atoms with Crippen LogP contribution in [0.15, 0.2) is 41.6 Å². The van der Waals surface area contributed by atoms with Gasteiger partial charge < -0.3 is 5.32 Å². The van der Waals surface area contributed by atoms with Gasteiger partial charge in [-0.05, 0) is 18.4 Å². The average Bonchev–Trinajstić information content (AvgIpc) is 2.53. The van der Waals surface area contributed by atoms with Gasteiger partial charge in [-0.15, -0.1) is 0 Å². The molecule has 0 amide bonds. The number of nitro benzene ring substituents is 1. The van der Waals surface area contributed by atoms with E-state index in [1.54, 1.807) is 12.1 Å². The Morgan fingerprint density at radius 3 is 2.43 bits per heavy atom. The van der Waals surface area contributed by atoms with Gasteiger partial charge in [0.2, 0.25) is 0 Å². The van der Waals surface area contributed by atoms with Gasteiger partial charge in [-0.3, -0.25) is 10.1 Å². The van der Waals surface area contributed by atoms with Crippen LogP contribution in [-0.2, 0) is 4.79 Å². The van der Waals surface area contributed by atoms with Crippen LogP contribution in [-0.4, -0.2) is 16.9 Å². The Hall–Kier alpha value is -2.39. The van der Waals surface area contributed by atoms with Crippen molar-refractivity contribution in [2.75, 3.05) is 0 Å². The Labute approximate surface area is 123 Å². The van der Waals surface area contributed by atoms with Gasteiger partial charge in [0.05, 0.1) is 11.0 Å². The normalized spacial score (nSPS) is 21.2. The van der Waals surface area contributed by atoms with Gasteiger partial charge >= 0.3 is 0 Å². The molecular formula is C16H18N2O3. The molecule has 0 aliphatic carbocycles. The number of carbonyl (C=O) groups excluding carboxylic acids is 1. The lowest BCUT2D eigenvalue weighted by atomic mass is 9.83. The van der Waals surface area contributed by atoms with Gasteiger partial charge in [-0.1, -0.05) is 32.1 Å². The molecule has 1 N–H and O–H groups in total. The molecule has 0 fully saturated rings. The maximum absolute atomic E-state index is 11.3. The number of hydrogen-bond donors (Lipinski definition) is 1. The van der Waals surface area contributed by atoms with E-state index in [9.17, 15) is 14.9 Å². The maximum Gasteiger partial charge on any atom is 0.269 e. The number of nitro groups is 1. The van der Waals surface area contributed by atoms with Crippen LogP contribution in [0, 0.1) is 10.1 Å². The predicted octanol–water partition coefficient (Wildman–Crippen LogP) is 3.11. The van der Waals surface area contributed by atoms with Crippen molar-refractivity contribution in [3.05, 3.63) is 57.3 Å². The molecule has 110 valence electrons. The van der Waals surface area contributed by atoms with Crippen molar-refractivity contribution in [3.8, 4) is 0 Å². The lowest BCUT2D eigenvalue weighted by Crippen LogP contribution is -2.36. The first-order chi connectivity index (χ1) is 10.1. The minimum absolute atomic E-state index is 0.0253. The van der Waals surface area contributed by atoms with E-state index in [1.165, 1.54) is 12.1 Å². The molecule has 2 atom stereocenters. The van der Waals surface area contributed by atoms with Gasteiger partial charge in [-0.2, -0.15) is 0 Å². The third-order valence-corrected chi connectivity index (χ3v) is 3.81. The molecule has 1 aromatic carbocycles. The van der Waals surface area contributed by atoms with E-state index < -0.39 is 4.92 Å². The van der Waals surface area contributed by atoms with Crippen molar-refractivity contribution in [2.24, 2.45) is 0 Å². The highest BCUT2D eigenvalue weighted by atomic mass is 16.6. The molecule has 0 saturated heterocycles. The molecule has 0 aromatic heterocycles. The van der Waals surface area contributed by atoms with Crippen LogP contribution in [0.1, 0.15) is 38.2 Å². The molecule has 1 aromatic rings. The highest BCUT2D eigenvalue weighted by Crippen LogP contribution is 2.33. The van der Waals surface area contributed by atoms with Gasteiger partial charge in [0.15, 0.2) is 0 Å². The summed E-state index contributed by atoms with van der Waals surface area (Å²) in [7, 11) is 0. The summed E-state index contributed by atoms with van der Waals surface area (Å²) in [5.74, 6) is 1.90. The number of allylic oxidation sites excluding steroid dienone is 2. The maximum atomic E-state index is 11.3. The fourth-order valence-electron chi connectivity index (χ4n) is 2.61. The van der Waals surface area contributed by atoms with E-state index >= 15 is 0 Å². The Morgan fingerprint density at radius 1 is 1.29 bits per heavy atom. The van der Waals surface area contributed by atoms with Crippen LogP contribution >= 0.6 is 0 Å². The molecule has 1 heterocycles. The molecule has 1 aliphatic heterocycles. The summed E-state index contributed by atoms with van der Waals surface area (Å²) in [5, 5.41) is 14.1. The van der Waals surface area contributed by atoms with Crippen molar-refractivity contribution in [1.29, 1.82) is 0 Å². The molecule has 2 unspecified atom stereocenters. The van der Waals surface area contributed by atoms with E-state index in [0.29, 0.717) is 5.57 Å². The molecule has 0 radical (unpaired) electrons. The van der Waals surface area contributed by atoms with Gasteiger partial charge in [0.1, 0.15) is 5.94 Å². The molecular weight excluding hydrogens is 268 g/mol. The van der Waals surface area contributed by atoms with Crippen LogP contribution < -0.4 is 5.32 Å². The second-order valence-corrected chi connectivity index (χ2v) is 5.03. The van der Waals surface area contributed by atoms with Crippen molar-refractivity contribution >= 4 is 11.6 Å². The van der Waals surface area contributed by atoms with E-state index in [-0.39, 0.29) is 17.6 Å². The summed E-state index contributed by atoms with van der Waals surface area (Å²) in [6, 6.07) is 6.34. The smallest absolute Gasteiger partial charge is 0.269 e. The predicted molar refractivity (Wildman–Crippen MR) is 80.6 cm³/mol. The SMILES string of the molecule is CCC1=CC(c2ccc([N+](=O)[O-])cc2)C(=C=O)C(CC)N1. The number of benzene rings is 1. The third-order valence-electron chi connectivity index (χ3n) is 3.81. The summed E-state index contributed by atoms with van der Waals surface area (Å²) in [4.78, 5) is 21.6. The molecule has 1 aliphatic rings. The Kier molecular flexibility index (Phi) is 4.55.